The van der Waals surface area contributed by atoms with E-state index in [1.165, 1.54) is 11.0 Å². The third-order valence-electron chi connectivity index (χ3n) is 7.31. The normalized spacial score (nSPS) is 20.6. The fourth-order valence-electron chi connectivity index (χ4n) is 5.38. The molecule has 2 fully saturated rings. The lowest BCUT2D eigenvalue weighted by atomic mass is 9.94. The summed E-state index contributed by atoms with van der Waals surface area (Å²) in [6.07, 6.45) is 3.18. The molecule has 0 radical (unpaired) electrons. The van der Waals surface area contributed by atoms with E-state index in [1.807, 2.05) is 12.1 Å². The first-order chi connectivity index (χ1) is 18.3. The van der Waals surface area contributed by atoms with Crippen molar-refractivity contribution < 1.29 is 19.1 Å². The van der Waals surface area contributed by atoms with Crippen LogP contribution in [0.4, 0.5) is 4.39 Å². The van der Waals surface area contributed by atoms with Gasteiger partial charge in [0.15, 0.2) is 0 Å². The molecule has 2 aliphatic rings. The van der Waals surface area contributed by atoms with Crippen LogP contribution in [0.1, 0.15) is 48.0 Å². The Balaban J connectivity index is 1.62. The van der Waals surface area contributed by atoms with Crippen LogP contribution in [-0.2, 0) is 9.59 Å². The Hall–Kier alpha value is -3.19. The van der Waals surface area contributed by atoms with Crippen LogP contribution in [0.2, 0.25) is 10.0 Å². The highest BCUT2D eigenvalue weighted by molar-refractivity contribution is 6.46. The van der Waals surface area contributed by atoms with Gasteiger partial charge in [-0.05, 0) is 74.0 Å². The first-order valence-corrected chi connectivity index (χ1v) is 13.4. The van der Waals surface area contributed by atoms with Crippen LogP contribution in [-0.4, -0.2) is 46.2 Å². The lowest BCUT2D eigenvalue weighted by molar-refractivity contribution is -0.140. The molecule has 5 nitrogen and oxygen atoms in total. The molecule has 8 heteroatoms. The van der Waals surface area contributed by atoms with Gasteiger partial charge in [-0.25, -0.2) is 4.39 Å². The predicted molar refractivity (Wildman–Crippen MR) is 146 cm³/mol. The number of hydrogen-bond donors (Lipinski definition) is 1. The molecule has 0 aliphatic carbocycles. The van der Waals surface area contributed by atoms with Gasteiger partial charge in [0, 0.05) is 27.7 Å². The van der Waals surface area contributed by atoms with E-state index in [-0.39, 0.29) is 29.5 Å². The highest BCUT2D eigenvalue weighted by Crippen LogP contribution is 2.42. The summed E-state index contributed by atoms with van der Waals surface area (Å²) in [5.41, 5.74) is 1.27. The van der Waals surface area contributed by atoms with E-state index >= 15 is 4.39 Å². The minimum absolute atomic E-state index is 0.141. The zero-order chi connectivity index (χ0) is 26.8. The average molecular weight is 553 g/mol. The van der Waals surface area contributed by atoms with Gasteiger partial charge < -0.3 is 10.0 Å². The van der Waals surface area contributed by atoms with Crippen molar-refractivity contribution in [2.45, 2.75) is 31.3 Å². The summed E-state index contributed by atoms with van der Waals surface area (Å²) in [6.45, 7) is 1.82. The molecule has 2 saturated heterocycles. The molecule has 0 saturated carbocycles. The van der Waals surface area contributed by atoms with Gasteiger partial charge in [0.05, 0.1) is 17.7 Å². The first kappa shape index (κ1) is 26.4. The molecule has 2 aliphatic heterocycles. The first-order valence-electron chi connectivity index (χ1n) is 12.6. The second-order valence-electron chi connectivity index (χ2n) is 9.64. The van der Waals surface area contributed by atoms with Crippen molar-refractivity contribution >= 4 is 40.7 Å². The van der Waals surface area contributed by atoms with E-state index in [2.05, 4.69) is 4.90 Å². The van der Waals surface area contributed by atoms with Crippen LogP contribution in [0.25, 0.3) is 5.76 Å². The largest absolute Gasteiger partial charge is 0.507 e. The minimum Gasteiger partial charge on any atom is -0.507 e. The highest BCUT2D eigenvalue weighted by Gasteiger charge is 2.48. The molecule has 5 rings (SSSR count). The summed E-state index contributed by atoms with van der Waals surface area (Å²) in [6, 6.07) is 18.4. The number of carbonyl (C=O) groups excluding carboxylic acids is 2. The molecule has 38 heavy (non-hydrogen) atoms. The number of ketones is 1. The van der Waals surface area contributed by atoms with Crippen molar-refractivity contribution in [3.05, 3.63) is 111 Å². The fourth-order valence-corrected chi connectivity index (χ4v) is 5.64. The number of likely N-dealkylation sites (tertiary alicyclic amines) is 2. The lowest BCUT2D eigenvalue weighted by Gasteiger charge is -2.38. The number of hydrogen-bond acceptors (Lipinski definition) is 4. The summed E-state index contributed by atoms with van der Waals surface area (Å²) in [5.74, 6) is -2.55. The fraction of sp³-hybridized carbons (Fsp3) is 0.267. The number of aliphatic hydroxyl groups excluding tert-OH is 1. The maximum Gasteiger partial charge on any atom is 0.295 e. The molecule has 1 amide bonds. The van der Waals surface area contributed by atoms with E-state index in [1.54, 1.807) is 54.6 Å². The molecule has 196 valence electrons. The zero-order valence-corrected chi connectivity index (χ0v) is 22.1. The number of halogens is 3. The van der Waals surface area contributed by atoms with Crippen molar-refractivity contribution in [1.82, 2.24) is 9.80 Å². The molecule has 2 heterocycles. The molecule has 3 aromatic rings. The van der Waals surface area contributed by atoms with Crippen LogP contribution >= 0.6 is 23.2 Å². The van der Waals surface area contributed by atoms with Gasteiger partial charge in [0.1, 0.15) is 11.6 Å². The predicted octanol–water partition coefficient (Wildman–Crippen LogP) is 6.78. The van der Waals surface area contributed by atoms with E-state index in [0.717, 1.165) is 37.9 Å². The highest BCUT2D eigenvalue weighted by atomic mass is 35.5. The summed E-state index contributed by atoms with van der Waals surface area (Å²) in [7, 11) is 0. The average Bonchev–Trinajstić information content (AvgIpc) is 3.18. The van der Waals surface area contributed by atoms with Crippen molar-refractivity contribution in [2.24, 2.45) is 0 Å². The number of piperidine rings is 1. The molecule has 0 aromatic heterocycles. The Bertz CT molecular complexity index is 1370. The summed E-state index contributed by atoms with van der Waals surface area (Å²) < 4.78 is 15.2. The Morgan fingerprint density at radius 1 is 0.895 bits per heavy atom. The van der Waals surface area contributed by atoms with Crippen LogP contribution < -0.4 is 0 Å². The van der Waals surface area contributed by atoms with Crippen molar-refractivity contribution in [3.63, 3.8) is 0 Å². The third kappa shape index (κ3) is 5.21. The quantitative estimate of drug-likeness (QED) is 0.208. The van der Waals surface area contributed by atoms with Crippen LogP contribution in [0.5, 0.6) is 0 Å². The number of Topliss-reactive ketones (excluding diaryl/α,β-unsaturated/α-hetero) is 1. The van der Waals surface area contributed by atoms with Gasteiger partial charge in [-0.2, -0.15) is 0 Å². The van der Waals surface area contributed by atoms with Crippen molar-refractivity contribution in [3.8, 4) is 0 Å². The standard InChI is InChI=1S/C30H27Cl2FN2O3/c31-21-12-8-19(9-13-21)25(34-16-4-1-5-17-34)18-35-27(23-6-2-3-7-24(23)33)26(29(37)30(35)38)28(36)20-10-14-22(32)15-11-20/h2-3,6-15,25,27,36H,1,4-5,16-18H2. The van der Waals surface area contributed by atoms with E-state index in [9.17, 15) is 14.7 Å². The maximum absolute atomic E-state index is 15.2. The molecule has 1 N–H and O–H groups in total. The van der Waals surface area contributed by atoms with Gasteiger partial charge >= 0.3 is 0 Å². The van der Waals surface area contributed by atoms with Crippen LogP contribution in [0, 0.1) is 5.82 Å². The van der Waals surface area contributed by atoms with Gasteiger partial charge in [-0.3, -0.25) is 14.5 Å². The maximum atomic E-state index is 15.2. The molecular weight excluding hydrogens is 526 g/mol. The Kier molecular flexibility index (Phi) is 7.84. The second kappa shape index (κ2) is 11.3. The number of nitrogens with zero attached hydrogens (tertiary/aromatic N) is 2. The number of rotatable bonds is 6. The Morgan fingerprint density at radius 2 is 1.50 bits per heavy atom. The van der Waals surface area contributed by atoms with Gasteiger partial charge in [0.2, 0.25) is 0 Å². The van der Waals surface area contributed by atoms with E-state index in [4.69, 9.17) is 23.2 Å². The van der Waals surface area contributed by atoms with Gasteiger partial charge in [-0.1, -0.05) is 60.0 Å². The zero-order valence-electron chi connectivity index (χ0n) is 20.6. The third-order valence-corrected chi connectivity index (χ3v) is 7.82. The van der Waals surface area contributed by atoms with E-state index < -0.39 is 23.5 Å². The molecular formula is C30H27Cl2FN2O3. The molecule has 3 aromatic carbocycles. The minimum atomic E-state index is -1.09. The number of amides is 1. The molecule has 0 spiro atoms. The second-order valence-corrected chi connectivity index (χ2v) is 10.5. The molecule has 2 atom stereocenters. The van der Waals surface area contributed by atoms with E-state index in [0.29, 0.717) is 15.6 Å². The SMILES string of the molecule is O=C1C(=O)N(CC(c2ccc(Cl)cc2)N2CCCCC2)C(c2ccccc2F)C1=C(O)c1ccc(Cl)cc1. The van der Waals surface area contributed by atoms with Crippen LogP contribution in [0.3, 0.4) is 0 Å². The van der Waals surface area contributed by atoms with Crippen molar-refractivity contribution in [1.29, 1.82) is 0 Å². The monoisotopic (exact) mass is 552 g/mol. The Labute approximate surface area is 231 Å². The van der Waals surface area contributed by atoms with Gasteiger partial charge in [0.25, 0.3) is 11.7 Å². The summed E-state index contributed by atoms with van der Waals surface area (Å²) in [4.78, 5) is 30.7. The van der Waals surface area contributed by atoms with Crippen molar-refractivity contribution in [2.75, 3.05) is 19.6 Å². The molecule has 2 unspecified atom stereocenters. The number of carbonyl (C=O) groups is 2. The smallest absolute Gasteiger partial charge is 0.295 e. The van der Waals surface area contributed by atoms with Gasteiger partial charge in [-0.15, -0.1) is 0 Å². The number of aliphatic hydroxyl groups is 1. The molecule has 0 bridgehead atoms. The Morgan fingerprint density at radius 3 is 2.13 bits per heavy atom. The lowest BCUT2D eigenvalue weighted by Crippen LogP contribution is -2.42. The van der Waals surface area contributed by atoms with Crippen LogP contribution in [0.15, 0.2) is 78.4 Å². The summed E-state index contributed by atoms with van der Waals surface area (Å²) >= 11 is 12.2. The number of benzene rings is 3. The summed E-state index contributed by atoms with van der Waals surface area (Å²) in [5, 5.41) is 12.3. The topological polar surface area (TPSA) is 60.9 Å².